The molecule has 0 amide bonds. The molecule has 0 aliphatic heterocycles. The first-order valence-corrected chi connectivity index (χ1v) is 8.14. The number of ether oxygens (including phenoxy) is 1. The van der Waals surface area contributed by atoms with Crippen LogP contribution in [0.2, 0.25) is 0 Å². The number of aromatic carboxylic acids is 1. The van der Waals surface area contributed by atoms with Crippen LogP contribution in [0, 0.1) is 5.41 Å². The summed E-state index contributed by atoms with van der Waals surface area (Å²) in [5.74, 6) is -0.246. The Hall–Kier alpha value is -2.86. The molecule has 1 atom stereocenters. The molecule has 3 aromatic rings. The Kier molecular flexibility index (Phi) is 4.22. The van der Waals surface area contributed by atoms with Crippen molar-refractivity contribution >= 4 is 33.2 Å². The maximum atomic E-state index is 11.1. The predicted octanol–water partition coefficient (Wildman–Crippen LogP) is 4.02. The molecule has 0 saturated heterocycles. The zero-order chi connectivity index (χ0) is 17.3. The van der Waals surface area contributed by atoms with Crippen LogP contribution >= 0.6 is 11.3 Å². The van der Waals surface area contributed by atoms with Gasteiger partial charge in [-0.3, -0.25) is 5.41 Å². The average molecular weight is 340 g/mol. The van der Waals surface area contributed by atoms with Gasteiger partial charge in [-0.05, 0) is 42.8 Å². The van der Waals surface area contributed by atoms with E-state index in [1.807, 2.05) is 37.3 Å². The van der Waals surface area contributed by atoms with E-state index in [1.54, 1.807) is 18.2 Å². The summed E-state index contributed by atoms with van der Waals surface area (Å²) in [5.41, 5.74) is 6.58. The molecular weight excluding hydrogens is 324 g/mol. The van der Waals surface area contributed by atoms with Crippen molar-refractivity contribution < 1.29 is 14.6 Å². The number of nitrogens with two attached hydrogens (primary N) is 1. The van der Waals surface area contributed by atoms with Crippen LogP contribution in [0.3, 0.4) is 0 Å². The lowest BCUT2D eigenvalue weighted by Crippen LogP contribution is -2.08. The number of carboxylic acid groups (broad SMARTS) is 1. The Morgan fingerprint density at radius 3 is 2.71 bits per heavy atom. The van der Waals surface area contributed by atoms with Crippen molar-refractivity contribution in [3.05, 3.63) is 64.5 Å². The van der Waals surface area contributed by atoms with Crippen LogP contribution in [-0.4, -0.2) is 16.9 Å². The molecule has 0 spiro atoms. The first-order valence-electron chi connectivity index (χ1n) is 7.32. The van der Waals surface area contributed by atoms with E-state index in [0.29, 0.717) is 10.6 Å². The van der Waals surface area contributed by atoms with Gasteiger partial charge < -0.3 is 15.6 Å². The van der Waals surface area contributed by atoms with Gasteiger partial charge in [0, 0.05) is 10.1 Å². The van der Waals surface area contributed by atoms with E-state index in [2.05, 4.69) is 0 Å². The van der Waals surface area contributed by atoms with Crippen LogP contribution in [0.4, 0.5) is 0 Å². The van der Waals surface area contributed by atoms with Crippen molar-refractivity contribution in [3.63, 3.8) is 0 Å². The van der Waals surface area contributed by atoms with Crippen molar-refractivity contribution in [1.29, 1.82) is 5.41 Å². The summed E-state index contributed by atoms with van der Waals surface area (Å²) < 4.78 is 7.03. The Bertz CT molecular complexity index is 933. The maximum Gasteiger partial charge on any atom is 0.335 e. The Morgan fingerprint density at radius 2 is 2.00 bits per heavy atom. The Balaban J connectivity index is 1.93. The summed E-state index contributed by atoms with van der Waals surface area (Å²) >= 11 is 1.44. The van der Waals surface area contributed by atoms with Crippen molar-refractivity contribution in [2.45, 2.75) is 13.0 Å². The molecule has 0 aliphatic rings. The second-order valence-electron chi connectivity index (χ2n) is 5.38. The quantitative estimate of drug-likeness (QED) is 0.483. The van der Waals surface area contributed by atoms with Crippen LogP contribution in [0.5, 0.6) is 5.75 Å². The lowest BCUT2D eigenvalue weighted by Gasteiger charge is -2.16. The maximum absolute atomic E-state index is 11.1. The third kappa shape index (κ3) is 3.09. The van der Waals surface area contributed by atoms with E-state index in [-0.39, 0.29) is 17.5 Å². The van der Waals surface area contributed by atoms with E-state index < -0.39 is 5.97 Å². The fraction of sp³-hybridized carbons (Fsp3) is 0.111. The number of hydrogen-bond acceptors (Lipinski definition) is 4. The summed E-state index contributed by atoms with van der Waals surface area (Å²) in [7, 11) is 0. The molecule has 1 heterocycles. The molecule has 4 N–H and O–H groups in total. The van der Waals surface area contributed by atoms with Crippen LogP contribution in [0.15, 0.2) is 48.5 Å². The number of hydrogen-bond donors (Lipinski definition) is 3. The summed E-state index contributed by atoms with van der Waals surface area (Å²) in [4.78, 5) is 11.8. The van der Waals surface area contributed by atoms with Gasteiger partial charge in [-0.1, -0.05) is 18.2 Å². The number of amidine groups is 1. The molecule has 6 heteroatoms. The molecule has 0 bridgehead atoms. The van der Waals surface area contributed by atoms with Gasteiger partial charge in [0.1, 0.15) is 17.7 Å². The molecule has 24 heavy (non-hydrogen) atoms. The Morgan fingerprint density at radius 1 is 1.25 bits per heavy atom. The van der Waals surface area contributed by atoms with E-state index in [0.717, 1.165) is 15.6 Å². The highest BCUT2D eigenvalue weighted by molar-refractivity contribution is 7.20. The minimum atomic E-state index is -0.963. The number of carbonyl (C=O) groups is 1. The van der Waals surface area contributed by atoms with E-state index in [9.17, 15) is 4.79 Å². The van der Waals surface area contributed by atoms with Crippen LogP contribution in [-0.2, 0) is 0 Å². The molecule has 0 saturated carbocycles. The van der Waals surface area contributed by atoms with Crippen LogP contribution in [0.1, 0.15) is 33.8 Å². The minimum Gasteiger partial charge on any atom is -0.485 e. The van der Waals surface area contributed by atoms with Crippen molar-refractivity contribution in [2.75, 3.05) is 0 Å². The first kappa shape index (κ1) is 16.0. The summed E-state index contributed by atoms with van der Waals surface area (Å²) in [6, 6.07) is 14.3. The van der Waals surface area contributed by atoms with Crippen molar-refractivity contribution in [2.24, 2.45) is 5.73 Å². The zero-order valence-electron chi connectivity index (χ0n) is 12.9. The summed E-state index contributed by atoms with van der Waals surface area (Å²) in [6.45, 7) is 1.87. The summed E-state index contributed by atoms with van der Waals surface area (Å²) in [6.07, 6.45) is -0.310. The van der Waals surface area contributed by atoms with Gasteiger partial charge >= 0.3 is 5.97 Å². The van der Waals surface area contributed by atoms with Gasteiger partial charge in [0.05, 0.1) is 10.4 Å². The standard InChI is InChI=1S/C18H16N2O3S/c1-10(11-4-2-5-12(8-11)18(21)22)23-14-6-3-7-15-13(14)9-16(24-15)17(19)20/h2-10H,1H3,(H3,19,20)(H,21,22). The molecule has 1 unspecified atom stereocenters. The Labute approximate surface area is 142 Å². The highest BCUT2D eigenvalue weighted by Crippen LogP contribution is 2.35. The van der Waals surface area contributed by atoms with Gasteiger partial charge in [0.25, 0.3) is 0 Å². The topological polar surface area (TPSA) is 96.4 Å². The fourth-order valence-electron chi connectivity index (χ4n) is 2.45. The van der Waals surface area contributed by atoms with Crippen LogP contribution in [0.25, 0.3) is 10.1 Å². The molecule has 0 fully saturated rings. The third-order valence-corrected chi connectivity index (χ3v) is 4.83. The monoisotopic (exact) mass is 340 g/mol. The molecular formula is C18H16N2O3S. The van der Waals surface area contributed by atoms with Gasteiger partial charge in [-0.2, -0.15) is 0 Å². The largest absolute Gasteiger partial charge is 0.485 e. The smallest absolute Gasteiger partial charge is 0.335 e. The molecule has 2 aromatic carbocycles. The fourth-order valence-corrected chi connectivity index (χ4v) is 3.39. The number of benzene rings is 2. The van der Waals surface area contributed by atoms with E-state index in [1.165, 1.54) is 11.3 Å². The lowest BCUT2D eigenvalue weighted by atomic mass is 10.1. The molecule has 1 aromatic heterocycles. The van der Waals surface area contributed by atoms with Gasteiger partial charge in [-0.25, -0.2) is 4.79 Å². The van der Waals surface area contributed by atoms with Crippen molar-refractivity contribution in [3.8, 4) is 5.75 Å². The molecule has 0 aliphatic carbocycles. The predicted molar refractivity (Wildman–Crippen MR) is 95.3 cm³/mol. The molecule has 122 valence electrons. The van der Waals surface area contributed by atoms with E-state index in [4.69, 9.17) is 21.0 Å². The van der Waals surface area contributed by atoms with Gasteiger partial charge in [0.2, 0.25) is 0 Å². The van der Waals surface area contributed by atoms with Crippen molar-refractivity contribution in [1.82, 2.24) is 0 Å². The first-order chi connectivity index (χ1) is 11.5. The highest BCUT2D eigenvalue weighted by atomic mass is 32.1. The number of thiophene rings is 1. The average Bonchev–Trinajstić information content (AvgIpc) is 3.00. The number of fused-ring (bicyclic) bond motifs is 1. The zero-order valence-corrected chi connectivity index (χ0v) is 13.8. The lowest BCUT2D eigenvalue weighted by molar-refractivity contribution is 0.0696. The second kappa shape index (κ2) is 6.33. The normalized spacial score (nSPS) is 12.0. The number of rotatable bonds is 5. The molecule has 3 rings (SSSR count). The number of nitrogens with one attached hydrogen (secondary N) is 1. The highest BCUT2D eigenvalue weighted by Gasteiger charge is 2.14. The van der Waals surface area contributed by atoms with Gasteiger partial charge in [0.15, 0.2) is 0 Å². The number of nitrogen functional groups attached to an aromatic ring is 1. The summed E-state index contributed by atoms with van der Waals surface area (Å²) in [5, 5.41) is 17.6. The second-order valence-corrected chi connectivity index (χ2v) is 6.47. The van der Waals surface area contributed by atoms with Crippen LogP contribution < -0.4 is 10.5 Å². The SMILES string of the molecule is CC(Oc1cccc2sc(C(=N)N)cc12)c1cccc(C(=O)O)c1. The van der Waals surface area contributed by atoms with E-state index >= 15 is 0 Å². The molecule has 0 radical (unpaired) electrons. The number of carboxylic acids is 1. The third-order valence-electron chi connectivity index (χ3n) is 3.69. The van der Waals surface area contributed by atoms with Gasteiger partial charge in [-0.15, -0.1) is 11.3 Å². The minimum absolute atomic E-state index is 0.0318. The molecule has 5 nitrogen and oxygen atoms in total.